The van der Waals surface area contributed by atoms with Gasteiger partial charge in [0.1, 0.15) is 11.6 Å². The normalized spacial score (nSPS) is 10.4. The van der Waals surface area contributed by atoms with Crippen LogP contribution in [0.5, 0.6) is 5.75 Å². The minimum Gasteiger partial charge on any atom is -0.494 e. The topological polar surface area (TPSA) is 58.6 Å². The molecule has 2 amide bonds. The van der Waals surface area contributed by atoms with Crippen LogP contribution in [-0.4, -0.2) is 36.4 Å². The summed E-state index contributed by atoms with van der Waals surface area (Å²) in [7, 11) is 0. The van der Waals surface area contributed by atoms with E-state index in [1.54, 1.807) is 36.4 Å². The van der Waals surface area contributed by atoms with Crippen LogP contribution in [0.4, 0.5) is 4.39 Å². The average molecular weight is 386 g/mol. The number of hydrogen-bond acceptors (Lipinski definition) is 3. The molecule has 28 heavy (non-hydrogen) atoms. The number of likely N-dealkylation sites (N-methyl/N-ethyl adjacent to an activating group) is 1. The number of amides is 2. The lowest BCUT2D eigenvalue weighted by molar-refractivity contribution is -0.121. The number of benzene rings is 2. The summed E-state index contributed by atoms with van der Waals surface area (Å²) in [5.74, 6) is -0.0664. The van der Waals surface area contributed by atoms with Crippen LogP contribution < -0.4 is 10.1 Å². The molecule has 0 fully saturated rings. The first kappa shape index (κ1) is 21.4. The predicted molar refractivity (Wildman–Crippen MR) is 107 cm³/mol. The van der Waals surface area contributed by atoms with Gasteiger partial charge >= 0.3 is 0 Å². The smallest absolute Gasteiger partial charge is 0.254 e. The molecule has 0 saturated carbocycles. The Balaban J connectivity index is 1.87. The molecular weight excluding hydrogens is 359 g/mol. The summed E-state index contributed by atoms with van der Waals surface area (Å²) in [6.45, 7) is 5.24. The Morgan fingerprint density at radius 1 is 1.04 bits per heavy atom. The van der Waals surface area contributed by atoms with Crippen LogP contribution in [-0.2, 0) is 11.3 Å². The molecule has 0 saturated heterocycles. The van der Waals surface area contributed by atoms with Gasteiger partial charge in [0.25, 0.3) is 5.91 Å². The van der Waals surface area contributed by atoms with Crippen LogP contribution in [0.2, 0.25) is 0 Å². The number of hydrogen-bond donors (Lipinski definition) is 1. The van der Waals surface area contributed by atoms with Gasteiger partial charge in [0.2, 0.25) is 5.91 Å². The molecule has 2 aromatic rings. The lowest BCUT2D eigenvalue weighted by Gasteiger charge is -2.20. The van der Waals surface area contributed by atoms with E-state index in [0.717, 1.165) is 24.2 Å². The van der Waals surface area contributed by atoms with Crippen LogP contribution in [0.15, 0.2) is 48.5 Å². The number of carbonyl (C=O) groups is 2. The summed E-state index contributed by atoms with van der Waals surface area (Å²) < 4.78 is 18.5. The van der Waals surface area contributed by atoms with Gasteiger partial charge in [-0.05, 0) is 55.3 Å². The first-order valence-electron chi connectivity index (χ1n) is 9.56. The number of ether oxygens (including phenoxy) is 1. The molecule has 0 spiro atoms. The zero-order valence-corrected chi connectivity index (χ0v) is 16.4. The van der Waals surface area contributed by atoms with Crippen molar-refractivity contribution in [1.29, 1.82) is 0 Å². The summed E-state index contributed by atoms with van der Waals surface area (Å²) >= 11 is 0. The molecule has 0 aliphatic carbocycles. The number of carbonyl (C=O) groups excluding carboxylic acids is 2. The maximum atomic E-state index is 12.9. The fourth-order valence-corrected chi connectivity index (χ4v) is 2.57. The minimum absolute atomic E-state index is 0.0364. The van der Waals surface area contributed by atoms with Gasteiger partial charge in [-0.25, -0.2) is 4.39 Å². The second-order valence-corrected chi connectivity index (χ2v) is 6.45. The molecule has 1 N–H and O–H groups in total. The van der Waals surface area contributed by atoms with Crippen molar-refractivity contribution in [3.63, 3.8) is 0 Å². The molecule has 0 radical (unpaired) electrons. The molecule has 0 aromatic heterocycles. The lowest BCUT2D eigenvalue weighted by Crippen LogP contribution is -2.40. The van der Waals surface area contributed by atoms with Gasteiger partial charge in [-0.1, -0.05) is 25.5 Å². The van der Waals surface area contributed by atoms with E-state index in [1.807, 2.05) is 6.92 Å². The molecule has 6 heteroatoms. The highest BCUT2D eigenvalue weighted by atomic mass is 19.1. The van der Waals surface area contributed by atoms with E-state index in [2.05, 4.69) is 12.2 Å². The number of halogens is 1. The highest BCUT2D eigenvalue weighted by Gasteiger charge is 2.17. The number of rotatable bonds is 10. The van der Waals surface area contributed by atoms with E-state index in [1.165, 1.54) is 17.0 Å². The van der Waals surface area contributed by atoms with Gasteiger partial charge in [0.15, 0.2) is 0 Å². The number of nitrogens with zero attached hydrogens (tertiary/aromatic N) is 1. The van der Waals surface area contributed by atoms with Crippen LogP contribution in [0.3, 0.4) is 0 Å². The maximum absolute atomic E-state index is 12.9. The zero-order valence-electron chi connectivity index (χ0n) is 16.4. The van der Waals surface area contributed by atoms with Crippen molar-refractivity contribution in [2.24, 2.45) is 0 Å². The van der Waals surface area contributed by atoms with E-state index in [9.17, 15) is 14.0 Å². The van der Waals surface area contributed by atoms with Crippen molar-refractivity contribution in [3.05, 3.63) is 65.5 Å². The standard InChI is InChI=1S/C22H27FN2O3/c1-3-5-14-28-20-12-8-18(9-13-20)22(27)25(4-2)16-21(26)24-15-17-6-10-19(23)11-7-17/h6-13H,3-5,14-16H2,1-2H3,(H,24,26). The first-order chi connectivity index (χ1) is 13.5. The zero-order chi connectivity index (χ0) is 20.4. The molecule has 2 rings (SSSR count). The first-order valence-corrected chi connectivity index (χ1v) is 9.56. The Hall–Kier alpha value is -2.89. The summed E-state index contributed by atoms with van der Waals surface area (Å²) in [6.07, 6.45) is 2.04. The second-order valence-electron chi connectivity index (χ2n) is 6.45. The van der Waals surface area contributed by atoms with Gasteiger partial charge in [0.05, 0.1) is 13.2 Å². The van der Waals surface area contributed by atoms with Gasteiger partial charge in [-0.3, -0.25) is 9.59 Å². The quantitative estimate of drug-likeness (QED) is 0.632. The molecule has 0 aliphatic heterocycles. The third-order valence-electron chi connectivity index (χ3n) is 4.27. The summed E-state index contributed by atoms with van der Waals surface area (Å²) in [6, 6.07) is 12.9. The third kappa shape index (κ3) is 6.68. The number of unbranched alkanes of at least 4 members (excludes halogenated alkanes) is 1. The number of nitrogens with one attached hydrogen (secondary N) is 1. The SMILES string of the molecule is CCCCOc1ccc(C(=O)N(CC)CC(=O)NCc2ccc(F)cc2)cc1. The maximum Gasteiger partial charge on any atom is 0.254 e. The molecule has 0 aliphatic rings. The Morgan fingerprint density at radius 2 is 1.71 bits per heavy atom. The molecule has 0 unspecified atom stereocenters. The van der Waals surface area contributed by atoms with E-state index in [0.29, 0.717) is 18.7 Å². The molecule has 150 valence electrons. The van der Waals surface area contributed by atoms with Crippen molar-refractivity contribution in [2.45, 2.75) is 33.2 Å². The highest BCUT2D eigenvalue weighted by Crippen LogP contribution is 2.14. The second kappa shape index (κ2) is 11.1. The van der Waals surface area contributed by atoms with Crippen molar-refractivity contribution >= 4 is 11.8 Å². The van der Waals surface area contributed by atoms with Crippen molar-refractivity contribution in [3.8, 4) is 5.75 Å². The molecule has 5 nitrogen and oxygen atoms in total. The minimum atomic E-state index is -0.320. The van der Waals surface area contributed by atoms with E-state index < -0.39 is 0 Å². The van der Waals surface area contributed by atoms with Crippen molar-refractivity contribution in [1.82, 2.24) is 10.2 Å². The Labute approximate surface area is 165 Å². The van der Waals surface area contributed by atoms with Crippen LogP contribution in [0.25, 0.3) is 0 Å². The summed E-state index contributed by atoms with van der Waals surface area (Å²) in [5, 5.41) is 2.75. The van der Waals surface area contributed by atoms with Gasteiger partial charge in [-0.15, -0.1) is 0 Å². The van der Waals surface area contributed by atoms with Crippen molar-refractivity contribution in [2.75, 3.05) is 19.7 Å². The van der Waals surface area contributed by atoms with Gasteiger partial charge in [0, 0.05) is 18.7 Å². The van der Waals surface area contributed by atoms with Crippen LogP contribution in [0.1, 0.15) is 42.6 Å². The van der Waals surface area contributed by atoms with Crippen LogP contribution >= 0.6 is 0 Å². The Morgan fingerprint density at radius 3 is 2.32 bits per heavy atom. The monoisotopic (exact) mass is 386 g/mol. The lowest BCUT2D eigenvalue weighted by atomic mass is 10.2. The fourth-order valence-electron chi connectivity index (χ4n) is 2.57. The Kier molecular flexibility index (Phi) is 8.46. The van der Waals surface area contributed by atoms with E-state index >= 15 is 0 Å². The largest absolute Gasteiger partial charge is 0.494 e. The Bertz CT molecular complexity index is 760. The van der Waals surface area contributed by atoms with E-state index in [4.69, 9.17) is 4.74 Å². The van der Waals surface area contributed by atoms with E-state index in [-0.39, 0.29) is 30.7 Å². The molecule has 2 aromatic carbocycles. The predicted octanol–water partition coefficient (Wildman–Crippen LogP) is 3.78. The highest BCUT2D eigenvalue weighted by molar-refractivity contribution is 5.96. The fraction of sp³-hybridized carbons (Fsp3) is 0.364. The molecule has 0 bridgehead atoms. The summed E-state index contributed by atoms with van der Waals surface area (Å²) in [5.41, 5.74) is 1.30. The van der Waals surface area contributed by atoms with Crippen molar-refractivity contribution < 1.29 is 18.7 Å². The van der Waals surface area contributed by atoms with Crippen LogP contribution in [0, 0.1) is 5.82 Å². The molecule has 0 heterocycles. The van der Waals surface area contributed by atoms with Gasteiger partial charge in [-0.2, -0.15) is 0 Å². The molecular formula is C22H27FN2O3. The average Bonchev–Trinajstić information content (AvgIpc) is 2.72. The third-order valence-corrected chi connectivity index (χ3v) is 4.27. The van der Waals surface area contributed by atoms with Gasteiger partial charge < -0.3 is 15.0 Å². The molecule has 0 atom stereocenters. The summed E-state index contributed by atoms with van der Waals surface area (Å²) in [4.78, 5) is 26.3.